The molecule has 0 aromatic carbocycles. The van der Waals surface area contributed by atoms with Crippen LogP contribution in [0.25, 0.3) is 0 Å². The number of aliphatic hydroxyl groups is 1. The molecule has 3 unspecified atom stereocenters. The Hall–Kier alpha value is -0.0800. The Labute approximate surface area is 107 Å². The van der Waals surface area contributed by atoms with Crippen molar-refractivity contribution in [3.63, 3.8) is 0 Å². The fraction of sp³-hybridized carbons (Fsp3) is 1.00. The molecule has 0 heterocycles. The van der Waals surface area contributed by atoms with Crippen molar-refractivity contribution in [2.24, 2.45) is 5.92 Å². The average molecular weight is 241 g/mol. The molecule has 2 nitrogen and oxygen atoms in total. The van der Waals surface area contributed by atoms with Crippen LogP contribution in [0.5, 0.6) is 0 Å². The van der Waals surface area contributed by atoms with Crippen molar-refractivity contribution in [2.45, 2.75) is 83.8 Å². The van der Waals surface area contributed by atoms with Gasteiger partial charge in [-0.05, 0) is 32.1 Å². The van der Waals surface area contributed by atoms with Gasteiger partial charge in [0.1, 0.15) is 0 Å². The lowest BCUT2D eigenvalue weighted by Gasteiger charge is -2.19. The van der Waals surface area contributed by atoms with Gasteiger partial charge in [0.05, 0.1) is 6.10 Å². The zero-order valence-corrected chi connectivity index (χ0v) is 11.8. The maximum Gasteiger partial charge on any atom is 0.0580 e. The topological polar surface area (TPSA) is 32.3 Å². The van der Waals surface area contributed by atoms with Crippen LogP contribution >= 0.6 is 0 Å². The summed E-state index contributed by atoms with van der Waals surface area (Å²) in [5, 5.41) is 13.3. The van der Waals surface area contributed by atoms with Gasteiger partial charge in [0.2, 0.25) is 0 Å². The molecule has 0 spiro atoms. The first-order valence-electron chi connectivity index (χ1n) is 7.65. The predicted octanol–water partition coefficient (Wildman–Crippen LogP) is 3.49. The summed E-state index contributed by atoms with van der Waals surface area (Å²) in [6.07, 6.45) is 11.5. The quantitative estimate of drug-likeness (QED) is 0.606. The molecule has 0 aliphatic heterocycles. The molecule has 1 fully saturated rings. The number of hydrogen-bond acceptors (Lipinski definition) is 2. The van der Waals surface area contributed by atoms with Gasteiger partial charge in [0.15, 0.2) is 0 Å². The Morgan fingerprint density at radius 3 is 2.59 bits per heavy atom. The van der Waals surface area contributed by atoms with Crippen molar-refractivity contribution in [3.8, 4) is 0 Å². The highest BCUT2D eigenvalue weighted by atomic mass is 16.3. The van der Waals surface area contributed by atoms with E-state index < -0.39 is 0 Å². The Morgan fingerprint density at radius 2 is 1.94 bits per heavy atom. The molecule has 0 radical (unpaired) electrons. The molecule has 1 rings (SSSR count). The van der Waals surface area contributed by atoms with E-state index in [1.165, 1.54) is 51.4 Å². The maximum atomic E-state index is 9.74. The second-order valence-corrected chi connectivity index (χ2v) is 5.77. The summed E-state index contributed by atoms with van der Waals surface area (Å²) in [6.45, 7) is 5.55. The standard InChI is InChI=1S/C15H31NO/c1-3-4-5-6-7-9-13(2)16-12-14-10-8-11-15(14)17/h13-17H,3-12H2,1-2H3. The summed E-state index contributed by atoms with van der Waals surface area (Å²) in [6, 6.07) is 0.615. The number of aliphatic hydroxyl groups excluding tert-OH is 1. The van der Waals surface area contributed by atoms with E-state index in [0.717, 1.165) is 13.0 Å². The van der Waals surface area contributed by atoms with Gasteiger partial charge in [-0.2, -0.15) is 0 Å². The molecule has 0 saturated heterocycles. The molecule has 1 saturated carbocycles. The summed E-state index contributed by atoms with van der Waals surface area (Å²) in [4.78, 5) is 0. The smallest absolute Gasteiger partial charge is 0.0580 e. The first kappa shape index (κ1) is 15.0. The molecule has 102 valence electrons. The van der Waals surface area contributed by atoms with Crippen molar-refractivity contribution in [2.75, 3.05) is 6.54 Å². The Balaban J connectivity index is 1.95. The number of hydrogen-bond donors (Lipinski definition) is 2. The Morgan fingerprint density at radius 1 is 1.18 bits per heavy atom. The lowest BCUT2D eigenvalue weighted by Crippen LogP contribution is -2.33. The summed E-state index contributed by atoms with van der Waals surface area (Å²) in [7, 11) is 0. The summed E-state index contributed by atoms with van der Waals surface area (Å²) < 4.78 is 0. The summed E-state index contributed by atoms with van der Waals surface area (Å²) in [5.41, 5.74) is 0. The maximum absolute atomic E-state index is 9.74. The van der Waals surface area contributed by atoms with Crippen molar-refractivity contribution in [1.82, 2.24) is 5.32 Å². The molecule has 17 heavy (non-hydrogen) atoms. The molecule has 1 aliphatic carbocycles. The minimum absolute atomic E-state index is 0.0424. The van der Waals surface area contributed by atoms with Gasteiger partial charge in [-0.1, -0.05) is 45.4 Å². The van der Waals surface area contributed by atoms with Gasteiger partial charge in [0.25, 0.3) is 0 Å². The number of nitrogens with one attached hydrogen (secondary N) is 1. The van der Waals surface area contributed by atoms with Crippen LogP contribution in [-0.2, 0) is 0 Å². The van der Waals surface area contributed by atoms with Crippen LogP contribution in [-0.4, -0.2) is 23.8 Å². The first-order valence-corrected chi connectivity index (χ1v) is 7.65. The van der Waals surface area contributed by atoms with E-state index in [1.54, 1.807) is 0 Å². The van der Waals surface area contributed by atoms with E-state index in [1.807, 2.05) is 0 Å². The fourth-order valence-electron chi connectivity index (χ4n) is 2.76. The molecule has 0 aromatic heterocycles. The number of unbranched alkanes of at least 4 members (excludes halogenated alkanes) is 4. The second kappa shape index (κ2) is 8.93. The van der Waals surface area contributed by atoms with Gasteiger partial charge in [-0.3, -0.25) is 0 Å². The molecular formula is C15H31NO. The van der Waals surface area contributed by atoms with Crippen molar-refractivity contribution in [1.29, 1.82) is 0 Å². The monoisotopic (exact) mass is 241 g/mol. The third-order valence-corrected chi connectivity index (χ3v) is 4.09. The van der Waals surface area contributed by atoms with E-state index in [9.17, 15) is 5.11 Å². The fourth-order valence-corrected chi connectivity index (χ4v) is 2.76. The van der Waals surface area contributed by atoms with Gasteiger partial charge in [0, 0.05) is 12.6 Å². The van der Waals surface area contributed by atoms with Gasteiger partial charge < -0.3 is 10.4 Å². The Kier molecular flexibility index (Phi) is 7.87. The molecular weight excluding hydrogens is 210 g/mol. The van der Waals surface area contributed by atoms with Gasteiger partial charge in [-0.15, -0.1) is 0 Å². The minimum atomic E-state index is -0.0424. The van der Waals surface area contributed by atoms with Crippen LogP contribution in [0.3, 0.4) is 0 Å². The highest BCUT2D eigenvalue weighted by molar-refractivity contribution is 4.79. The molecule has 1 aliphatic rings. The van der Waals surface area contributed by atoms with Crippen molar-refractivity contribution in [3.05, 3.63) is 0 Å². The zero-order chi connectivity index (χ0) is 12.5. The molecule has 3 atom stereocenters. The highest BCUT2D eigenvalue weighted by Crippen LogP contribution is 2.24. The SMILES string of the molecule is CCCCCCCC(C)NCC1CCCC1O. The van der Waals surface area contributed by atoms with Crippen molar-refractivity contribution >= 4 is 0 Å². The molecule has 0 amide bonds. The van der Waals surface area contributed by atoms with Gasteiger partial charge in [-0.25, -0.2) is 0 Å². The van der Waals surface area contributed by atoms with E-state index in [0.29, 0.717) is 12.0 Å². The normalized spacial score (nSPS) is 26.3. The van der Waals surface area contributed by atoms with Crippen LogP contribution < -0.4 is 5.32 Å². The molecule has 2 heteroatoms. The zero-order valence-electron chi connectivity index (χ0n) is 11.8. The van der Waals surface area contributed by atoms with Crippen LogP contribution in [0, 0.1) is 5.92 Å². The van der Waals surface area contributed by atoms with E-state index in [4.69, 9.17) is 0 Å². The van der Waals surface area contributed by atoms with Crippen LogP contribution in [0.2, 0.25) is 0 Å². The number of rotatable bonds is 9. The first-order chi connectivity index (χ1) is 8.24. The minimum Gasteiger partial charge on any atom is -0.393 e. The largest absolute Gasteiger partial charge is 0.393 e. The molecule has 2 N–H and O–H groups in total. The lowest BCUT2D eigenvalue weighted by atomic mass is 10.0. The van der Waals surface area contributed by atoms with E-state index in [-0.39, 0.29) is 6.10 Å². The summed E-state index contributed by atoms with van der Waals surface area (Å²) >= 11 is 0. The summed E-state index contributed by atoms with van der Waals surface area (Å²) in [5.74, 6) is 0.512. The van der Waals surface area contributed by atoms with Crippen molar-refractivity contribution < 1.29 is 5.11 Å². The third-order valence-electron chi connectivity index (χ3n) is 4.09. The van der Waals surface area contributed by atoms with Gasteiger partial charge >= 0.3 is 0 Å². The highest BCUT2D eigenvalue weighted by Gasteiger charge is 2.24. The van der Waals surface area contributed by atoms with E-state index >= 15 is 0 Å². The average Bonchev–Trinajstić information content (AvgIpc) is 2.72. The molecule has 0 aromatic rings. The van der Waals surface area contributed by atoms with Crippen LogP contribution in [0.15, 0.2) is 0 Å². The Bertz CT molecular complexity index is 184. The van der Waals surface area contributed by atoms with Crippen LogP contribution in [0.4, 0.5) is 0 Å². The molecule has 0 bridgehead atoms. The van der Waals surface area contributed by atoms with E-state index in [2.05, 4.69) is 19.2 Å². The second-order valence-electron chi connectivity index (χ2n) is 5.77. The van der Waals surface area contributed by atoms with Crippen LogP contribution in [0.1, 0.15) is 71.6 Å². The lowest BCUT2D eigenvalue weighted by molar-refractivity contribution is 0.130. The predicted molar refractivity (Wildman–Crippen MR) is 74.2 cm³/mol. The third kappa shape index (κ3) is 6.42.